The van der Waals surface area contributed by atoms with Crippen molar-refractivity contribution in [2.24, 2.45) is 0 Å². The zero-order valence-corrected chi connectivity index (χ0v) is 22.6. The molecule has 1 atom stereocenters. The van der Waals surface area contributed by atoms with Gasteiger partial charge in [-0.2, -0.15) is 0 Å². The Balaban J connectivity index is 1.42. The maximum absolute atomic E-state index is 6.46. The number of fused-ring (bicyclic) bond motifs is 6. The lowest BCUT2D eigenvalue weighted by molar-refractivity contribution is 0.610. The molecule has 0 spiro atoms. The molecule has 0 bridgehead atoms. The van der Waals surface area contributed by atoms with Crippen LogP contribution in [0.4, 0.5) is 11.4 Å². The van der Waals surface area contributed by atoms with Crippen molar-refractivity contribution in [3.05, 3.63) is 120 Å². The van der Waals surface area contributed by atoms with Crippen LogP contribution in [0.25, 0.3) is 44.1 Å². The zero-order chi connectivity index (χ0) is 26.5. The van der Waals surface area contributed by atoms with Crippen molar-refractivity contribution in [1.29, 1.82) is 0 Å². The van der Waals surface area contributed by atoms with Gasteiger partial charge in [0, 0.05) is 40.9 Å². The second-order valence-electron chi connectivity index (χ2n) is 11.7. The molecule has 8 rings (SSSR count). The summed E-state index contributed by atoms with van der Waals surface area (Å²) in [6.07, 6.45) is 0. The van der Waals surface area contributed by atoms with E-state index in [-0.39, 0.29) is 11.5 Å². The van der Waals surface area contributed by atoms with Crippen LogP contribution >= 0.6 is 0 Å². The minimum absolute atomic E-state index is 0.0256. The van der Waals surface area contributed by atoms with Gasteiger partial charge < -0.3 is 15.2 Å². The molecular weight excluding hydrogens is 474 g/mol. The lowest BCUT2D eigenvalue weighted by Crippen LogP contribution is -2.25. The predicted molar refractivity (Wildman–Crippen MR) is 164 cm³/mol. The molecule has 6 aromatic rings. The van der Waals surface area contributed by atoms with Gasteiger partial charge >= 0.3 is 0 Å². The van der Waals surface area contributed by atoms with Crippen molar-refractivity contribution >= 4 is 33.2 Å². The van der Waals surface area contributed by atoms with Crippen LogP contribution in [0.2, 0.25) is 0 Å². The Labute approximate surface area is 229 Å². The van der Waals surface area contributed by atoms with Gasteiger partial charge in [0.05, 0.1) is 22.9 Å². The Bertz CT molecular complexity index is 1940. The molecule has 1 unspecified atom stereocenters. The number of hydrogen-bond acceptors (Lipinski definition) is 2. The average Bonchev–Trinajstić information content (AvgIpc) is 3.57. The van der Waals surface area contributed by atoms with E-state index >= 15 is 0 Å². The highest BCUT2D eigenvalue weighted by Crippen LogP contribution is 2.52. The second-order valence-corrected chi connectivity index (χ2v) is 11.7. The number of hydrogen-bond donors (Lipinski definition) is 1. The number of likely N-dealkylation sites (N-methyl/N-ethyl adjacent to an activating group) is 1. The van der Waals surface area contributed by atoms with Crippen LogP contribution in [0.3, 0.4) is 0 Å². The number of para-hydroxylation sites is 2. The summed E-state index contributed by atoms with van der Waals surface area (Å²) < 4.78 is 2.56. The third-order valence-corrected chi connectivity index (χ3v) is 9.30. The summed E-state index contributed by atoms with van der Waals surface area (Å²) in [7, 11) is 2.18. The summed E-state index contributed by atoms with van der Waals surface area (Å²) >= 11 is 0. The highest BCUT2D eigenvalue weighted by atomic mass is 15.2. The van der Waals surface area contributed by atoms with Crippen LogP contribution in [0, 0.1) is 0 Å². The van der Waals surface area contributed by atoms with Crippen LogP contribution in [-0.4, -0.2) is 11.6 Å². The Hall–Kier alpha value is -4.50. The topological polar surface area (TPSA) is 34.2 Å². The normalized spacial score (nSPS) is 16.5. The fraction of sp³-hybridized carbons (Fsp3) is 0.167. The van der Waals surface area contributed by atoms with Crippen LogP contribution in [-0.2, 0) is 12.0 Å². The minimum atomic E-state index is -0.0256. The van der Waals surface area contributed by atoms with Crippen molar-refractivity contribution < 1.29 is 0 Å². The summed E-state index contributed by atoms with van der Waals surface area (Å²) in [4.78, 5) is 2.37. The number of nitrogen functional groups attached to an aromatic ring is 1. The van der Waals surface area contributed by atoms with Gasteiger partial charge in [-0.3, -0.25) is 0 Å². The van der Waals surface area contributed by atoms with Crippen molar-refractivity contribution in [3.8, 4) is 22.3 Å². The van der Waals surface area contributed by atoms with E-state index in [1.54, 1.807) is 0 Å². The van der Waals surface area contributed by atoms with Gasteiger partial charge in [-0.1, -0.05) is 80.6 Å². The summed E-state index contributed by atoms with van der Waals surface area (Å²) in [5, 5.41) is 2.68. The molecule has 3 heteroatoms. The van der Waals surface area contributed by atoms with Crippen LogP contribution in [0.15, 0.2) is 103 Å². The van der Waals surface area contributed by atoms with Crippen LogP contribution < -0.4 is 10.6 Å². The fourth-order valence-electron chi connectivity index (χ4n) is 7.28. The first-order valence-corrected chi connectivity index (χ1v) is 13.8. The van der Waals surface area contributed by atoms with Crippen molar-refractivity contribution in [2.45, 2.75) is 31.8 Å². The van der Waals surface area contributed by atoms with E-state index in [0.29, 0.717) is 0 Å². The van der Waals surface area contributed by atoms with Gasteiger partial charge in [0.15, 0.2) is 0 Å². The highest BCUT2D eigenvalue weighted by Gasteiger charge is 2.38. The van der Waals surface area contributed by atoms with E-state index in [1.807, 2.05) is 12.1 Å². The van der Waals surface area contributed by atoms with E-state index in [0.717, 1.165) is 17.9 Å². The SMILES string of the molecule is CN(c1ccccc1N)C1Cn2c3cc4c(cc3c3cc(-c5ccccc5)cc1c32)-c1ccccc1C4(C)C. The molecule has 5 aromatic carbocycles. The Morgan fingerprint density at radius 3 is 2.31 bits per heavy atom. The van der Waals surface area contributed by atoms with Crippen LogP contribution in [0.1, 0.15) is 36.6 Å². The number of nitrogens with zero attached hydrogens (tertiary/aromatic N) is 2. The molecule has 0 fully saturated rings. The lowest BCUT2D eigenvalue weighted by atomic mass is 9.82. The van der Waals surface area contributed by atoms with E-state index in [2.05, 4.69) is 121 Å². The molecule has 1 aliphatic carbocycles. The van der Waals surface area contributed by atoms with Gasteiger partial charge in [-0.25, -0.2) is 0 Å². The molecule has 1 aromatic heterocycles. The molecule has 190 valence electrons. The average molecular weight is 506 g/mol. The smallest absolute Gasteiger partial charge is 0.0740 e. The number of benzene rings is 5. The molecule has 2 N–H and O–H groups in total. The first-order valence-electron chi connectivity index (χ1n) is 13.8. The van der Waals surface area contributed by atoms with Gasteiger partial charge in [0.2, 0.25) is 0 Å². The summed E-state index contributed by atoms with van der Waals surface area (Å²) in [5.41, 5.74) is 20.5. The monoisotopic (exact) mass is 505 g/mol. The first kappa shape index (κ1) is 22.5. The minimum Gasteiger partial charge on any atom is -0.397 e. The maximum atomic E-state index is 6.46. The second kappa shape index (κ2) is 7.77. The Morgan fingerprint density at radius 1 is 0.744 bits per heavy atom. The Kier molecular flexibility index (Phi) is 4.48. The van der Waals surface area contributed by atoms with Gasteiger partial charge in [-0.15, -0.1) is 0 Å². The number of anilines is 2. The maximum Gasteiger partial charge on any atom is 0.0740 e. The molecule has 0 amide bonds. The third-order valence-electron chi connectivity index (χ3n) is 9.30. The third kappa shape index (κ3) is 2.99. The molecule has 0 saturated carbocycles. The summed E-state index contributed by atoms with van der Waals surface area (Å²) in [6.45, 7) is 5.62. The fourth-order valence-corrected chi connectivity index (χ4v) is 7.28. The predicted octanol–water partition coefficient (Wildman–Crippen LogP) is 8.54. The Morgan fingerprint density at radius 2 is 1.49 bits per heavy atom. The molecular formula is C36H31N3. The highest BCUT2D eigenvalue weighted by molar-refractivity contribution is 6.13. The van der Waals surface area contributed by atoms with Crippen molar-refractivity contribution in [2.75, 3.05) is 17.7 Å². The van der Waals surface area contributed by atoms with Crippen molar-refractivity contribution in [3.63, 3.8) is 0 Å². The number of nitrogens with two attached hydrogens (primary N) is 1. The standard InChI is InChI=1S/C36H31N3/c1-36(2)29-14-8-7-13-24(29)25-19-26-27-17-23(22-11-5-4-6-12-22)18-28-34(38(3)32-16-10-9-15-31(32)37)21-39(35(27)28)33(26)20-30(25)36/h4-20,34H,21,37H2,1-3H3. The van der Waals surface area contributed by atoms with Gasteiger partial charge in [-0.05, 0) is 69.8 Å². The lowest BCUT2D eigenvalue weighted by Gasteiger charge is -2.29. The molecule has 0 radical (unpaired) electrons. The zero-order valence-electron chi connectivity index (χ0n) is 22.6. The first-order chi connectivity index (χ1) is 18.9. The molecule has 0 saturated heterocycles. The number of rotatable bonds is 3. The van der Waals surface area contributed by atoms with E-state index in [1.165, 1.54) is 60.8 Å². The van der Waals surface area contributed by atoms with Gasteiger partial charge in [0.25, 0.3) is 0 Å². The number of aromatic nitrogens is 1. The summed E-state index contributed by atoms with van der Waals surface area (Å²) in [5.74, 6) is 0. The van der Waals surface area contributed by atoms with Crippen LogP contribution in [0.5, 0.6) is 0 Å². The molecule has 1 aliphatic heterocycles. The van der Waals surface area contributed by atoms with E-state index in [9.17, 15) is 0 Å². The molecule has 3 nitrogen and oxygen atoms in total. The van der Waals surface area contributed by atoms with Gasteiger partial charge in [0.1, 0.15) is 0 Å². The summed E-state index contributed by atoms with van der Waals surface area (Å²) in [6, 6.07) is 37.9. The quantitative estimate of drug-likeness (QED) is 0.245. The van der Waals surface area contributed by atoms with Crippen molar-refractivity contribution in [1.82, 2.24) is 4.57 Å². The van der Waals surface area contributed by atoms with E-state index < -0.39 is 0 Å². The largest absolute Gasteiger partial charge is 0.397 e. The molecule has 2 aliphatic rings. The molecule has 39 heavy (non-hydrogen) atoms. The molecule has 2 heterocycles. The van der Waals surface area contributed by atoms with E-state index in [4.69, 9.17) is 5.73 Å².